The standard InChI is InChI=1S/C11H10ClNO3/c1-5-8(11(15)16)9-7(13(5)2)4-3-6(12)10(9)14/h3-4,14H,1-2H3,(H,15,16). The Kier molecular flexibility index (Phi) is 2.31. The summed E-state index contributed by atoms with van der Waals surface area (Å²) in [7, 11) is 1.75. The van der Waals surface area contributed by atoms with Gasteiger partial charge in [-0.1, -0.05) is 11.6 Å². The van der Waals surface area contributed by atoms with Gasteiger partial charge >= 0.3 is 5.97 Å². The summed E-state index contributed by atoms with van der Waals surface area (Å²) in [6.45, 7) is 1.69. The van der Waals surface area contributed by atoms with Crippen molar-refractivity contribution in [1.29, 1.82) is 0 Å². The summed E-state index contributed by atoms with van der Waals surface area (Å²) in [5.41, 5.74) is 1.33. The Morgan fingerprint density at radius 3 is 2.62 bits per heavy atom. The van der Waals surface area contributed by atoms with Crippen LogP contribution in [0.3, 0.4) is 0 Å². The van der Waals surface area contributed by atoms with Crippen molar-refractivity contribution in [2.75, 3.05) is 0 Å². The summed E-state index contributed by atoms with van der Waals surface area (Å²) in [5.74, 6) is -1.25. The maximum absolute atomic E-state index is 11.1. The van der Waals surface area contributed by atoms with Gasteiger partial charge in [0.15, 0.2) is 0 Å². The third-order valence-electron chi connectivity index (χ3n) is 2.80. The number of carboxylic acid groups (broad SMARTS) is 1. The van der Waals surface area contributed by atoms with E-state index in [9.17, 15) is 9.90 Å². The maximum Gasteiger partial charge on any atom is 0.338 e. The van der Waals surface area contributed by atoms with Crippen LogP contribution in [0, 0.1) is 6.92 Å². The van der Waals surface area contributed by atoms with Crippen molar-refractivity contribution in [2.24, 2.45) is 7.05 Å². The molecule has 16 heavy (non-hydrogen) atoms. The molecule has 2 aromatic rings. The lowest BCUT2D eigenvalue weighted by Crippen LogP contribution is -1.99. The van der Waals surface area contributed by atoms with Crippen molar-refractivity contribution >= 4 is 28.5 Å². The Balaban J connectivity index is 3.04. The first kappa shape index (κ1) is 10.8. The first-order valence-corrected chi connectivity index (χ1v) is 5.02. The van der Waals surface area contributed by atoms with E-state index >= 15 is 0 Å². The van der Waals surface area contributed by atoms with E-state index in [1.54, 1.807) is 30.7 Å². The van der Waals surface area contributed by atoms with Crippen LogP contribution in [0.5, 0.6) is 5.75 Å². The Bertz CT molecular complexity index is 601. The molecule has 0 aliphatic rings. The third-order valence-corrected chi connectivity index (χ3v) is 3.10. The van der Waals surface area contributed by atoms with Crippen molar-refractivity contribution in [3.05, 3.63) is 28.4 Å². The summed E-state index contributed by atoms with van der Waals surface area (Å²) in [6, 6.07) is 3.24. The Labute approximate surface area is 96.7 Å². The molecule has 1 heterocycles. The maximum atomic E-state index is 11.1. The van der Waals surface area contributed by atoms with Gasteiger partial charge in [0.25, 0.3) is 0 Å². The minimum atomic E-state index is -1.07. The van der Waals surface area contributed by atoms with Crippen LogP contribution >= 0.6 is 11.6 Å². The number of fused-ring (bicyclic) bond motifs is 1. The lowest BCUT2D eigenvalue weighted by atomic mass is 10.1. The molecule has 0 amide bonds. The van der Waals surface area contributed by atoms with Gasteiger partial charge in [-0.15, -0.1) is 0 Å². The molecule has 4 nitrogen and oxygen atoms in total. The van der Waals surface area contributed by atoms with E-state index in [1.807, 2.05) is 0 Å². The van der Waals surface area contributed by atoms with Crippen LogP contribution in [0.2, 0.25) is 5.02 Å². The fourth-order valence-electron chi connectivity index (χ4n) is 1.87. The highest BCUT2D eigenvalue weighted by Gasteiger charge is 2.21. The van der Waals surface area contributed by atoms with Crippen LogP contribution in [0.4, 0.5) is 0 Å². The number of nitrogens with zero attached hydrogens (tertiary/aromatic N) is 1. The Hall–Kier alpha value is -1.68. The predicted octanol–water partition coefficient (Wildman–Crippen LogP) is 2.54. The van der Waals surface area contributed by atoms with Crippen LogP contribution in [-0.2, 0) is 7.05 Å². The average molecular weight is 240 g/mol. The van der Waals surface area contributed by atoms with Crippen molar-refractivity contribution in [1.82, 2.24) is 4.57 Å². The highest BCUT2D eigenvalue weighted by Crippen LogP contribution is 2.37. The predicted molar refractivity (Wildman–Crippen MR) is 61.3 cm³/mol. The lowest BCUT2D eigenvalue weighted by Gasteiger charge is -2.00. The van der Waals surface area contributed by atoms with Gasteiger partial charge in [-0.3, -0.25) is 0 Å². The molecule has 0 spiro atoms. The van der Waals surface area contributed by atoms with E-state index in [0.29, 0.717) is 16.6 Å². The molecule has 1 aromatic carbocycles. The normalized spacial score (nSPS) is 10.9. The van der Waals surface area contributed by atoms with Crippen molar-refractivity contribution in [2.45, 2.75) is 6.92 Å². The first-order chi connectivity index (χ1) is 7.45. The molecule has 0 atom stereocenters. The largest absolute Gasteiger partial charge is 0.506 e. The van der Waals surface area contributed by atoms with E-state index in [0.717, 1.165) is 0 Å². The number of hydrogen-bond acceptors (Lipinski definition) is 2. The van der Waals surface area contributed by atoms with Crippen LogP contribution < -0.4 is 0 Å². The van der Waals surface area contributed by atoms with Gasteiger partial charge < -0.3 is 14.8 Å². The zero-order chi connectivity index (χ0) is 12.0. The highest BCUT2D eigenvalue weighted by atomic mass is 35.5. The fourth-order valence-corrected chi connectivity index (χ4v) is 2.03. The number of aromatic carboxylic acids is 1. The smallest absolute Gasteiger partial charge is 0.338 e. The van der Waals surface area contributed by atoms with Crippen molar-refractivity contribution in [3.63, 3.8) is 0 Å². The quantitative estimate of drug-likeness (QED) is 0.804. The molecular weight excluding hydrogens is 230 g/mol. The second kappa shape index (κ2) is 3.42. The van der Waals surface area contributed by atoms with Gasteiger partial charge in [-0.05, 0) is 19.1 Å². The van der Waals surface area contributed by atoms with Crippen LogP contribution in [0.15, 0.2) is 12.1 Å². The number of carbonyl (C=O) groups is 1. The monoisotopic (exact) mass is 239 g/mol. The van der Waals surface area contributed by atoms with Crippen molar-refractivity contribution < 1.29 is 15.0 Å². The number of rotatable bonds is 1. The number of phenols is 1. The average Bonchev–Trinajstić information content (AvgIpc) is 2.47. The Morgan fingerprint density at radius 2 is 2.06 bits per heavy atom. The molecule has 0 aliphatic carbocycles. The number of aryl methyl sites for hydroxylation is 1. The molecule has 0 unspecified atom stereocenters. The zero-order valence-electron chi connectivity index (χ0n) is 8.78. The van der Waals surface area contributed by atoms with E-state index in [4.69, 9.17) is 16.7 Å². The summed E-state index contributed by atoms with van der Waals surface area (Å²) in [6.07, 6.45) is 0. The highest BCUT2D eigenvalue weighted by molar-refractivity contribution is 6.33. The summed E-state index contributed by atoms with van der Waals surface area (Å²) in [5, 5.41) is 19.4. The van der Waals surface area contributed by atoms with Gasteiger partial charge in [0, 0.05) is 12.7 Å². The van der Waals surface area contributed by atoms with Gasteiger partial charge in [0.1, 0.15) is 5.75 Å². The second-order valence-corrected chi connectivity index (χ2v) is 4.02. The number of hydrogen-bond donors (Lipinski definition) is 2. The number of aromatic nitrogens is 1. The third kappa shape index (κ3) is 1.27. The SMILES string of the molecule is Cc1c(C(=O)O)c2c(O)c(Cl)ccc2n1C. The molecule has 2 rings (SSSR count). The summed E-state index contributed by atoms with van der Waals surface area (Å²) >= 11 is 5.77. The van der Waals surface area contributed by atoms with Crippen molar-refractivity contribution in [3.8, 4) is 5.75 Å². The molecule has 0 radical (unpaired) electrons. The molecule has 0 fully saturated rings. The van der Waals surface area contributed by atoms with Crippen LogP contribution in [-0.4, -0.2) is 20.7 Å². The lowest BCUT2D eigenvalue weighted by molar-refractivity contribution is 0.0697. The molecule has 84 valence electrons. The van der Waals surface area contributed by atoms with Crippen LogP contribution in [0.1, 0.15) is 16.1 Å². The van der Waals surface area contributed by atoms with E-state index in [2.05, 4.69) is 0 Å². The van der Waals surface area contributed by atoms with Gasteiger partial charge in [-0.2, -0.15) is 0 Å². The number of phenolic OH excluding ortho intramolecular Hbond substituents is 1. The Morgan fingerprint density at radius 1 is 1.44 bits per heavy atom. The minimum absolute atomic E-state index is 0.0949. The molecule has 0 aliphatic heterocycles. The van der Waals surface area contributed by atoms with E-state index < -0.39 is 5.97 Å². The molecule has 2 N–H and O–H groups in total. The number of benzene rings is 1. The molecule has 0 saturated heterocycles. The minimum Gasteiger partial charge on any atom is -0.506 e. The molecule has 5 heteroatoms. The molecule has 1 aromatic heterocycles. The first-order valence-electron chi connectivity index (χ1n) is 4.65. The number of carboxylic acids is 1. The van der Waals surface area contributed by atoms with Crippen LogP contribution in [0.25, 0.3) is 10.9 Å². The molecular formula is C11H10ClNO3. The number of aromatic hydroxyl groups is 1. The van der Waals surface area contributed by atoms with E-state index in [1.165, 1.54) is 0 Å². The zero-order valence-corrected chi connectivity index (χ0v) is 9.54. The topological polar surface area (TPSA) is 62.5 Å². The number of halogens is 1. The molecule has 0 bridgehead atoms. The van der Waals surface area contributed by atoms with Gasteiger partial charge in [-0.25, -0.2) is 4.79 Å². The fraction of sp³-hybridized carbons (Fsp3) is 0.182. The van der Waals surface area contributed by atoms with Gasteiger partial charge in [0.05, 0.1) is 21.5 Å². The van der Waals surface area contributed by atoms with E-state index in [-0.39, 0.29) is 16.3 Å². The summed E-state index contributed by atoms with van der Waals surface area (Å²) < 4.78 is 1.72. The second-order valence-electron chi connectivity index (χ2n) is 3.61. The molecule has 0 saturated carbocycles. The van der Waals surface area contributed by atoms with Gasteiger partial charge in [0.2, 0.25) is 0 Å². The summed E-state index contributed by atoms with van der Waals surface area (Å²) in [4.78, 5) is 11.1.